The fourth-order valence-corrected chi connectivity index (χ4v) is 5.17. The van der Waals surface area contributed by atoms with E-state index < -0.39 is 11.7 Å². The van der Waals surface area contributed by atoms with Gasteiger partial charge in [0.05, 0.1) is 30.2 Å². The Balaban J connectivity index is 1.53. The molecular weight excluding hydrogens is 431 g/mol. The number of likely N-dealkylation sites (tertiary alicyclic amines) is 1. The Morgan fingerprint density at radius 1 is 1.21 bits per heavy atom. The van der Waals surface area contributed by atoms with Crippen molar-refractivity contribution in [3.8, 4) is 6.07 Å². The van der Waals surface area contributed by atoms with E-state index in [1.165, 1.54) is 6.07 Å². The average Bonchev–Trinajstić information content (AvgIpc) is 3.18. The molecule has 33 heavy (non-hydrogen) atoms. The highest BCUT2D eigenvalue weighted by Crippen LogP contribution is 2.45. The normalized spacial score (nSPS) is 22.7. The number of anilines is 1. The first-order valence-electron chi connectivity index (χ1n) is 10.9. The zero-order chi connectivity index (χ0) is 23.6. The lowest BCUT2D eigenvalue weighted by molar-refractivity contribution is -0.137. The Hall–Kier alpha value is -3.05. The molecule has 2 aliphatic rings. The van der Waals surface area contributed by atoms with Crippen LogP contribution in [0, 0.1) is 22.7 Å². The van der Waals surface area contributed by atoms with Crippen LogP contribution in [0.25, 0.3) is 0 Å². The van der Waals surface area contributed by atoms with Gasteiger partial charge in [-0.3, -0.25) is 4.79 Å². The number of amides is 1. The van der Waals surface area contributed by atoms with Gasteiger partial charge in [0.2, 0.25) is 5.91 Å². The molecular formula is C25H26F3N3O2. The van der Waals surface area contributed by atoms with Crippen molar-refractivity contribution >= 4 is 11.6 Å². The number of hydrogen-bond donors (Lipinski definition) is 0. The fraction of sp³-hybridized carbons (Fsp3) is 0.440. The van der Waals surface area contributed by atoms with E-state index in [9.17, 15) is 18.0 Å². The summed E-state index contributed by atoms with van der Waals surface area (Å²) in [5.74, 6) is 0.131. The van der Waals surface area contributed by atoms with Crippen LogP contribution in [0.3, 0.4) is 0 Å². The van der Waals surface area contributed by atoms with Crippen molar-refractivity contribution in [1.82, 2.24) is 4.90 Å². The zero-order valence-electron chi connectivity index (χ0n) is 18.4. The third-order valence-electron chi connectivity index (χ3n) is 6.91. The van der Waals surface area contributed by atoms with Gasteiger partial charge in [0.15, 0.2) is 0 Å². The molecule has 8 heteroatoms. The van der Waals surface area contributed by atoms with Gasteiger partial charge in [-0.1, -0.05) is 30.3 Å². The Labute approximate surface area is 191 Å². The highest BCUT2D eigenvalue weighted by Gasteiger charge is 2.50. The smallest absolute Gasteiger partial charge is 0.384 e. The molecule has 0 bridgehead atoms. The number of piperidine rings is 1. The van der Waals surface area contributed by atoms with Crippen molar-refractivity contribution < 1.29 is 22.7 Å². The molecule has 2 fully saturated rings. The van der Waals surface area contributed by atoms with Gasteiger partial charge in [-0.15, -0.1) is 0 Å². The lowest BCUT2D eigenvalue weighted by atomic mass is 9.73. The number of fused-ring (bicyclic) bond motifs is 1. The van der Waals surface area contributed by atoms with Gasteiger partial charge in [-0.25, -0.2) is 0 Å². The highest BCUT2D eigenvalue weighted by atomic mass is 19.4. The number of carbonyl (C=O) groups excluding carboxylic acids is 1. The minimum absolute atomic E-state index is 0.0513. The van der Waals surface area contributed by atoms with Crippen molar-refractivity contribution in [3.63, 3.8) is 0 Å². The zero-order valence-corrected chi connectivity index (χ0v) is 18.4. The Morgan fingerprint density at radius 3 is 2.64 bits per heavy atom. The van der Waals surface area contributed by atoms with Gasteiger partial charge in [-0.2, -0.15) is 18.4 Å². The standard InChI is InChI=1S/C25H26F3N3O2/c1-33-17-24-9-10-30(21-8-7-19(13-29)22(12-21)25(26,27)28)14-20(24)15-31(16-24)23(32)11-18-5-3-2-4-6-18/h2-8,12,20H,9-11,14-17H2,1H3. The average molecular weight is 457 g/mol. The molecule has 2 saturated heterocycles. The van der Waals surface area contributed by atoms with Gasteiger partial charge in [-0.05, 0) is 30.2 Å². The van der Waals surface area contributed by atoms with E-state index in [0.717, 1.165) is 11.6 Å². The van der Waals surface area contributed by atoms with Crippen LogP contribution in [-0.4, -0.2) is 50.7 Å². The molecule has 2 heterocycles. The molecule has 1 amide bonds. The predicted octanol–water partition coefficient (Wildman–Crippen LogP) is 4.12. The number of nitriles is 1. The number of methoxy groups -OCH3 is 1. The summed E-state index contributed by atoms with van der Waals surface area (Å²) in [6.07, 6.45) is -3.56. The minimum atomic E-state index is -4.59. The van der Waals surface area contributed by atoms with Crippen molar-refractivity contribution in [3.05, 3.63) is 65.2 Å². The summed E-state index contributed by atoms with van der Waals surface area (Å²) < 4.78 is 45.9. The van der Waals surface area contributed by atoms with E-state index in [1.54, 1.807) is 19.2 Å². The van der Waals surface area contributed by atoms with Crippen LogP contribution >= 0.6 is 0 Å². The molecule has 2 aromatic rings. The number of ether oxygens (including phenoxy) is 1. The first kappa shape index (κ1) is 23.1. The quantitative estimate of drug-likeness (QED) is 0.678. The topological polar surface area (TPSA) is 56.6 Å². The largest absolute Gasteiger partial charge is 0.417 e. The number of halogens is 3. The van der Waals surface area contributed by atoms with Crippen LogP contribution < -0.4 is 4.90 Å². The SMILES string of the molecule is COCC12CCN(c3ccc(C#N)c(C(F)(F)F)c3)CC1CN(C(=O)Cc1ccccc1)C2. The second-order valence-corrected chi connectivity index (χ2v) is 8.96. The molecule has 174 valence electrons. The van der Waals surface area contributed by atoms with Crippen LogP contribution in [0.15, 0.2) is 48.5 Å². The van der Waals surface area contributed by atoms with Gasteiger partial charge >= 0.3 is 6.18 Å². The van der Waals surface area contributed by atoms with E-state index in [0.29, 0.717) is 51.3 Å². The Morgan fingerprint density at radius 2 is 1.97 bits per heavy atom. The molecule has 2 aromatic carbocycles. The van der Waals surface area contributed by atoms with Crippen molar-refractivity contribution in [1.29, 1.82) is 5.26 Å². The van der Waals surface area contributed by atoms with E-state index in [1.807, 2.05) is 40.1 Å². The maximum absolute atomic E-state index is 13.4. The van der Waals surface area contributed by atoms with Crippen molar-refractivity contribution in [2.75, 3.05) is 44.8 Å². The molecule has 0 saturated carbocycles. The van der Waals surface area contributed by atoms with E-state index in [4.69, 9.17) is 10.00 Å². The van der Waals surface area contributed by atoms with E-state index in [2.05, 4.69) is 0 Å². The molecule has 4 rings (SSSR count). The van der Waals surface area contributed by atoms with Crippen LogP contribution in [-0.2, 0) is 22.1 Å². The lowest BCUT2D eigenvalue weighted by Gasteiger charge is -2.44. The van der Waals surface area contributed by atoms with E-state index in [-0.39, 0.29) is 22.8 Å². The number of rotatable bonds is 5. The molecule has 0 N–H and O–H groups in total. The van der Waals surface area contributed by atoms with Crippen LogP contribution in [0.4, 0.5) is 18.9 Å². The van der Waals surface area contributed by atoms with E-state index >= 15 is 0 Å². The summed E-state index contributed by atoms with van der Waals surface area (Å²) in [4.78, 5) is 16.8. The Bertz CT molecular complexity index is 1050. The summed E-state index contributed by atoms with van der Waals surface area (Å²) in [6.45, 7) is 2.73. The lowest BCUT2D eigenvalue weighted by Crippen LogP contribution is -2.49. The van der Waals surface area contributed by atoms with Gasteiger partial charge in [0.25, 0.3) is 0 Å². The molecule has 0 radical (unpaired) electrons. The predicted molar refractivity (Wildman–Crippen MR) is 118 cm³/mol. The molecule has 0 spiro atoms. The van der Waals surface area contributed by atoms with Crippen LogP contribution in [0.5, 0.6) is 0 Å². The molecule has 0 aliphatic carbocycles. The minimum Gasteiger partial charge on any atom is -0.384 e. The molecule has 0 aromatic heterocycles. The number of alkyl halides is 3. The third-order valence-corrected chi connectivity index (χ3v) is 6.91. The molecule has 2 atom stereocenters. The second-order valence-electron chi connectivity index (χ2n) is 8.96. The fourth-order valence-electron chi connectivity index (χ4n) is 5.17. The van der Waals surface area contributed by atoms with Gasteiger partial charge < -0.3 is 14.5 Å². The summed E-state index contributed by atoms with van der Waals surface area (Å²) in [7, 11) is 1.64. The maximum atomic E-state index is 13.4. The third kappa shape index (κ3) is 4.69. The number of carbonyl (C=O) groups is 1. The number of benzene rings is 2. The van der Waals surface area contributed by atoms with Crippen molar-refractivity contribution in [2.24, 2.45) is 11.3 Å². The molecule has 5 nitrogen and oxygen atoms in total. The molecule has 2 aliphatic heterocycles. The summed E-state index contributed by atoms with van der Waals surface area (Å²) in [5.41, 5.74) is -0.104. The first-order chi connectivity index (χ1) is 15.8. The summed E-state index contributed by atoms with van der Waals surface area (Å²) in [5, 5.41) is 9.07. The Kier molecular flexibility index (Phi) is 6.35. The second kappa shape index (κ2) is 9.06. The van der Waals surface area contributed by atoms with Gasteiger partial charge in [0.1, 0.15) is 0 Å². The summed E-state index contributed by atoms with van der Waals surface area (Å²) in [6, 6.07) is 15.1. The number of nitrogens with zero attached hydrogens (tertiary/aromatic N) is 3. The first-order valence-corrected chi connectivity index (χ1v) is 10.9. The maximum Gasteiger partial charge on any atom is 0.417 e. The van der Waals surface area contributed by atoms with Crippen LogP contribution in [0.2, 0.25) is 0 Å². The highest BCUT2D eigenvalue weighted by molar-refractivity contribution is 5.79. The van der Waals surface area contributed by atoms with Crippen molar-refractivity contribution in [2.45, 2.75) is 19.0 Å². The molecule has 2 unspecified atom stereocenters. The van der Waals surface area contributed by atoms with Crippen LogP contribution in [0.1, 0.15) is 23.1 Å². The summed E-state index contributed by atoms with van der Waals surface area (Å²) >= 11 is 0. The number of hydrogen-bond acceptors (Lipinski definition) is 4. The van der Waals surface area contributed by atoms with Gasteiger partial charge in [0, 0.05) is 50.3 Å². The monoisotopic (exact) mass is 457 g/mol.